The number of halogens is 3. The topological polar surface area (TPSA) is 135 Å². The lowest BCUT2D eigenvalue weighted by Crippen LogP contribution is -2.44. The number of aromatic nitrogens is 2. The number of ether oxygens (including phenoxy) is 2. The van der Waals surface area contributed by atoms with Gasteiger partial charge >= 0.3 is 6.09 Å². The largest absolute Gasteiger partial charge is 0.486 e. The molecule has 0 bridgehead atoms. The van der Waals surface area contributed by atoms with Crippen LogP contribution < -0.4 is 20.9 Å². The number of methoxy groups -OCH3 is 1. The van der Waals surface area contributed by atoms with Crippen molar-refractivity contribution in [2.45, 2.75) is 32.0 Å². The number of rotatable bonds is 12. The highest BCUT2D eigenvalue weighted by Gasteiger charge is 2.22. The zero-order valence-corrected chi connectivity index (χ0v) is 25.2. The number of alkyl carbamates (subject to hydrolysis) is 1. The first kappa shape index (κ1) is 33.4. The predicted molar refractivity (Wildman–Crippen MR) is 164 cm³/mol. The summed E-state index contributed by atoms with van der Waals surface area (Å²) in [5.41, 5.74) is 0.353. The van der Waals surface area contributed by atoms with Gasteiger partial charge in [-0.1, -0.05) is 6.08 Å². The van der Waals surface area contributed by atoms with Gasteiger partial charge in [0.15, 0.2) is 0 Å². The molecule has 0 radical (unpaired) electrons. The predicted octanol–water partition coefficient (Wildman–Crippen LogP) is 4.46. The SMILES string of the molecule is COC(=O)N[C@@H](CC/C=C/C(=O)N(C)C)C(=O)Nc1cccn(Cc2cc3cc(F)cc(OCc4ccc(F)cc4F)c3[nH]2)c1=O. The fourth-order valence-electron chi connectivity index (χ4n) is 4.45. The number of allylic oxidation sites excluding steroid dienone is 1. The molecule has 4 rings (SSSR count). The van der Waals surface area contributed by atoms with E-state index in [1.807, 2.05) is 0 Å². The number of pyridine rings is 1. The molecule has 3 amide bonds. The molecule has 2 aromatic carbocycles. The standard InChI is InChI=1S/C32H32F3N5O6/c1-39(2)28(41)9-5-4-7-25(38-32(44)45-3)30(42)37-26-8-6-12-40(31(26)43)17-23-14-20-13-22(34)16-27(29(20)36-23)46-18-19-10-11-21(33)15-24(19)35/h5-6,8-16,25,36H,4,7,17-18H2,1-3H3,(H,37,42)(H,38,44)/b9-5+/t25-/m0/s1. The number of carbonyl (C=O) groups excluding carboxylic acids is 3. The first-order chi connectivity index (χ1) is 21.9. The monoisotopic (exact) mass is 639 g/mol. The van der Waals surface area contributed by atoms with Gasteiger partial charge in [-0.05, 0) is 55.3 Å². The fraction of sp³-hybridized carbons (Fsp3) is 0.250. The van der Waals surface area contributed by atoms with E-state index < -0.39 is 41.1 Å². The Balaban J connectivity index is 1.50. The summed E-state index contributed by atoms with van der Waals surface area (Å²) in [5.74, 6) is -2.97. The molecule has 0 aliphatic rings. The smallest absolute Gasteiger partial charge is 0.407 e. The van der Waals surface area contributed by atoms with Crippen LogP contribution in [0.15, 0.2) is 71.7 Å². The van der Waals surface area contributed by atoms with E-state index in [4.69, 9.17) is 4.74 Å². The molecule has 0 fully saturated rings. The second-order valence-corrected chi connectivity index (χ2v) is 10.4. The number of nitrogens with zero attached hydrogens (tertiary/aromatic N) is 2. The molecule has 0 spiro atoms. The van der Waals surface area contributed by atoms with Gasteiger partial charge in [0, 0.05) is 49.1 Å². The van der Waals surface area contributed by atoms with E-state index in [9.17, 15) is 32.3 Å². The summed E-state index contributed by atoms with van der Waals surface area (Å²) in [4.78, 5) is 54.5. The van der Waals surface area contributed by atoms with E-state index in [-0.39, 0.29) is 48.9 Å². The molecule has 0 saturated heterocycles. The van der Waals surface area contributed by atoms with Crippen LogP contribution in [0.1, 0.15) is 24.1 Å². The van der Waals surface area contributed by atoms with E-state index >= 15 is 0 Å². The van der Waals surface area contributed by atoms with Crippen LogP contribution in [0.25, 0.3) is 10.9 Å². The van der Waals surface area contributed by atoms with Crippen LogP contribution in [0.5, 0.6) is 5.75 Å². The molecule has 0 aliphatic carbocycles. The van der Waals surface area contributed by atoms with Crippen LogP contribution in [-0.4, -0.2) is 59.6 Å². The molecular weight excluding hydrogens is 607 g/mol. The van der Waals surface area contributed by atoms with Gasteiger partial charge in [-0.2, -0.15) is 0 Å². The number of likely N-dealkylation sites (N-methyl/N-ethyl adjacent to an activating group) is 1. The molecule has 11 nitrogen and oxygen atoms in total. The highest BCUT2D eigenvalue weighted by Crippen LogP contribution is 2.29. The molecule has 0 saturated carbocycles. The van der Waals surface area contributed by atoms with E-state index in [1.54, 1.807) is 32.3 Å². The van der Waals surface area contributed by atoms with Crippen LogP contribution in [-0.2, 0) is 27.5 Å². The maximum absolute atomic E-state index is 14.4. The summed E-state index contributed by atoms with van der Waals surface area (Å²) in [7, 11) is 4.34. The molecule has 242 valence electrons. The molecule has 0 aliphatic heterocycles. The molecule has 14 heteroatoms. The highest BCUT2D eigenvalue weighted by atomic mass is 19.1. The number of carbonyl (C=O) groups is 3. The minimum Gasteiger partial charge on any atom is -0.486 e. The molecule has 2 aromatic heterocycles. The number of fused-ring (bicyclic) bond motifs is 1. The number of nitrogens with one attached hydrogen (secondary N) is 3. The molecule has 2 heterocycles. The van der Waals surface area contributed by atoms with Gasteiger partial charge in [0.05, 0.1) is 19.2 Å². The summed E-state index contributed by atoms with van der Waals surface area (Å²) in [6.07, 6.45) is 3.95. The Kier molecular flexibility index (Phi) is 10.9. The van der Waals surface area contributed by atoms with E-state index in [0.717, 1.165) is 25.3 Å². The zero-order chi connectivity index (χ0) is 33.4. The molecule has 0 unspecified atom stereocenters. The first-order valence-electron chi connectivity index (χ1n) is 14.1. The van der Waals surface area contributed by atoms with Crippen molar-refractivity contribution in [1.82, 2.24) is 19.8 Å². The summed E-state index contributed by atoms with van der Waals surface area (Å²) < 4.78 is 53.3. The second-order valence-electron chi connectivity index (χ2n) is 10.4. The molecule has 3 N–H and O–H groups in total. The van der Waals surface area contributed by atoms with Crippen molar-refractivity contribution in [3.63, 3.8) is 0 Å². The lowest BCUT2D eigenvalue weighted by molar-refractivity contribution is -0.123. The number of anilines is 1. The summed E-state index contributed by atoms with van der Waals surface area (Å²) in [6.45, 7) is -0.282. The number of amides is 3. The van der Waals surface area contributed by atoms with Gasteiger partial charge < -0.3 is 34.6 Å². The number of aromatic amines is 1. The quantitative estimate of drug-likeness (QED) is 0.196. The maximum Gasteiger partial charge on any atom is 0.407 e. The first-order valence-corrected chi connectivity index (χ1v) is 14.1. The van der Waals surface area contributed by atoms with Crippen molar-refractivity contribution in [2.75, 3.05) is 26.5 Å². The highest BCUT2D eigenvalue weighted by molar-refractivity contribution is 5.96. The zero-order valence-electron chi connectivity index (χ0n) is 25.2. The Morgan fingerprint density at radius 2 is 1.85 bits per heavy atom. The third-order valence-electron chi connectivity index (χ3n) is 6.85. The van der Waals surface area contributed by atoms with Crippen LogP contribution >= 0.6 is 0 Å². The van der Waals surface area contributed by atoms with Crippen molar-refractivity contribution in [1.29, 1.82) is 0 Å². The molecule has 46 heavy (non-hydrogen) atoms. The summed E-state index contributed by atoms with van der Waals surface area (Å²) in [5, 5.41) is 5.40. The maximum atomic E-state index is 14.4. The van der Waals surface area contributed by atoms with Crippen LogP contribution in [0.2, 0.25) is 0 Å². The Morgan fingerprint density at radius 1 is 1.07 bits per heavy atom. The van der Waals surface area contributed by atoms with Crippen molar-refractivity contribution in [2.24, 2.45) is 0 Å². The van der Waals surface area contributed by atoms with E-state index in [0.29, 0.717) is 16.6 Å². The van der Waals surface area contributed by atoms with Gasteiger partial charge in [0.25, 0.3) is 5.56 Å². The molecule has 4 aromatic rings. The second kappa shape index (κ2) is 15.0. The number of benzene rings is 2. The van der Waals surface area contributed by atoms with Crippen LogP contribution in [0.4, 0.5) is 23.7 Å². The number of hydrogen-bond donors (Lipinski definition) is 3. The van der Waals surface area contributed by atoms with Gasteiger partial charge in [0.2, 0.25) is 11.8 Å². The lowest BCUT2D eigenvalue weighted by Gasteiger charge is -2.17. The van der Waals surface area contributed by atoms with E-state index in [1.165, 1.54) is 39.9 Å². The van der Waals surface area contributed by atoms with Crippen LogP contribution in [0, 0.1) is 17.5 Å². The minimum absolute atomic E-state index is 0.000585. The van der Waals surface area contributed by atoms with E-state index in [2.05, 4.69) is 20.4 Å². The van der Waals surface area contributed by atoms with Gasteiger partial charge in [-0.15, -0.1) is 0 Å². The number of H-pyrrole nitrogens is 1. The summed E-state index contributed by atoms with van der Waals surface area (Å²) in [6, 6.07) is 8.93. The third-order valence-corrected chi connectivity index (χ3v) is 6.85. The Hall–Kier alpha value is -5.53. The van der Waals surface area contributed by atoms with Crippen LogP contribution in [0.3, 0.4) is 0 Å². The average molecular weight is 640 g/mol. The molecular formula is C32H32F3N5O6. The minimum atomic E-state index is -1.08. The average Bonchev–Trinajstić information content (AvgIpc) is 3.41. The number of hydrogen-bond acceptors (Lipinski definition) is 6. The lowest BCUT2D eigenvalue weighted by atomic mass is 10.1. The summed E-state index contributed by atoms with van der Waals surface area (Å²) >= 11 is 0. The van der Waals surface area contributed by atoms with Crippen molar-refractivity contribution in [3.8, 4) is 5.75 Å². The van der Waals surface area contributed by atoms with Crippen molar-refractivity contribution < 1.29 is 37.0 Å². The van der Waals surface area contributed by atoms with Gasteiger partial charge in [0.1, 0.15) is 41.5 Å². The molecule has 1 atom stereocenters. The Morgan fingerprint density at radius 3 is 2.57 bits per heavy atom. The van der Waals surface area contributed by atoms with Gasteiger partial charge in [-0.25, -0.2) is 18.0 Å². The third kappa shape index (κ3) is 8.55. The Bertz CT molecular complexity index is 1830. The fourth-order valence-corrected chi connectivity index (χ4v) is 4.45. The Labute approximate surface area is 261 Å². The van der Waals surface area contributed by atoms with Gasteiger partial charge in [-0.3, -0.25) is 14.4 Å². The normalized spacial score (nSPS) is 11.8. The van der Waals surface area contributed by atoms with Crippen molar-refractivity contribution >= 4 is 34.5 Å². The van der Waals surface area contributed by atoms with Crippen molar-refractivity contribution in [3.05, 3.63) is 106 Å².